The number of halogens is 2. The van der Waals surface area contributed by atoms with Crippen LogP contribution in [0.5, 0.6) is 5.75 Å². The third-order valence-electron chi connectivity index (χ3n) is 5.54. The molecule has 3 aromatic carbocycles. The van der Waals surface area contributed by atoms with Crippen molar-refractivity contribution >= 4 is 34.4 Å². The number of hydrogen-bond acceptors (Lipinski definition) is 3. The van der Waals surface area contributed by atoms with Gasteiger partial charge in [-0.15, -0.1) is 0 Å². The predicted octanol–water partition coefficient (Wildman–Crippen LogP) is 5.31. The van der Waals surface area contributed by atoms with E-state index in [0.29, 0.717) is 18.0 Å². The third-order valence-corrected chi connectivity index (χ3v) is 5.90. The number of carbonyl (C=O) groups excluding carboxylic acids is 1. The number of nitrogens with zero attached hydrogens (tertiary/aromatic N) is 1. The number of nitrogens with one attached hydrogen (secondary N) is 1. The number of carbonyl (C=O) groups is 2. The maximum atomic E-state index is 14.2. The first-order valence-corrected chi connectivity index (χ1v) is 11.0. The van der Waals surface area contributed by atoms with E-state index in [9.17, 15) is 19.1 Å². The van der Waals surface area contributed by atoms with Gasteiger partial charge >= 0.3 is 5.97 Å². The number of aromatic nitrogens is 1. The lowest BCUT2D eigenvalue weighted by Gasteiger charge is -2.24. The summed E-state index contributed by atoms with van der Waals surface area (Å²) in [6.07, 6.45) is 2.48. The minimum atomic E-state index is -1.34. The second-order valence-corrected chi connectivity index (χ2v) is 8.13. The SMILES string of the molecule is O=C(O)c1cccc(F)c1OCC(=O)N(CCc1c[nH]c2ccccc12)Cc1ccccc1Cl. The van der Waals surface area contributed by atoms with Crippen molar-refractivity contribution in [1.29, 1.82) is 0 Å². The monoisotopic (exact) mass is 480 g/mol. The molecule has 0 radical (unpaired) electrons. The molecule has 4 rings (SSSR count). The Morgan fingerprint density at radius 2 is 1.76 bits per heavy atom. The predicted molar refractivity (Wildman–Crippen MR) is 128 cm³/mol. The number of aromatic carboxylic acids is 1. The van der Waals surface area contributed by atoms with E-state index in [2.05, 4.69) is 4.98 Å². The van der Waals surface area contributed by atoms with Crippen LogP contribution in [0.25, 0.3) is 10.9 Å². The van der Waals surface area contributed by atoms with E-state index in [-0.39, 0.29) is 12.1 Å². The lowest BCUT2D eigenvalue weighted by molar-refractivity contribution is -0.134. The van der Waals surface area contributed by atoms with Crippen molar-refractivity contribution in [3.8, 4) is 5.75 Å². The summed E-state index contributed by atoms with van der Waals surface area (Å²) in [4.78, 5) is 29.3. The van der Waals surface area contributed by atoms with Gasteiger partial charge in [0, 0.05) is 35.2 Å². The molecule has 0 unspecified atom stereocenters. The van der Waals surface area contributed by atoms with E-state index < -0.39 is 30.1 Å². The molecule has 8 heteroatoms. The summed E-state index contributed by atoms with van der Waals surface area (Å²) in [6.45, 7) is 0.0746. The molecule has 34 heavy (non-hydrogen) atoms. The van der Waals surface area contributed by atoms with Crippen LogP contribution in [0.3, 0.4) is 0 Å². The van der Waals surface area contributed by atoms with Crippen molar-refractivity contribution in [2.75, 3.05) is 13.2 Å². The number of H-pyrrole nitrogens is 1. The third kappa shape index (κ3) is 5.21. The van der Waals surface area contributed by atoms with Gasteiger partial charge in [-0.05, 0) is 41.8 Å². The Morgan fingerprint density at radius 3 is 2.56 bits per heavy atom. The minimum absolute atomic E-state index is 0.229. The molecule has 4 aromatic rings. The van der Waals surface area contributed by atoms with Crippen LogP contribution < -0.4 is 4.74 Å². The standard InChI is InChI=1S/C26H22ClFN2O4/c27-21-9-3-1-6-18(21)15-30(13-12-17-14-29-23-11-4-2-7-19(17)23)24(31)16-34-25-20(26(32)33)8-5-10-22(25)28/h1-11,14,29H,12-13,15-16H2,(H,32,33). The summed E-state index contributed by atoms with van der Waals surface area (Å²) >= 11 is 6.31. The zero-order chi connectivity index (χ0) is 24.1. The molecule has 0 aliphatic heterocycles. The Morgan fingerprint density at radius 1 is 1.00 bits per heavy atom. The van der Waals surface area contributed by atoms with Crippen LogP contribution in [-0.4, -0.2) is 40.0 Å². The molecule has 1 amide bonds. The number of hydrogen-bond donors (Lipinski definition) is 2. The fraction of sp³-hybridized carbons (Fsp3) is 0.154. The molecule has 0 saturated heterocycles. The fourth-order valence-corrected chi connectivity index (χ4v) is 3.96. The Kier molecular flexibility index (Phi) is 7.13. The van der Waals surface area contributed by atoms with E-state index in [1.54, 1.807) is 17.0 Å². The molecule has 1 aromatic heterocycles. The number of aromatic amines is 1. The highest BCUT2D eigenvalue weighted by molar-refractivity contribution is 6.31. The zero-order valence-corrected chi connectivity index (χ0v) is 18.9. The van der Waals surface area contributed by atoms with Gasteiger partial charge in [-0.3, -0.25) is 4.79 Å². The Labute approximate surface area is 200 Å². The summed E-state index contributed by atoms with van der Waals surface area (Å²) in [5.74, 6) is -3.06. The van der Waals surface area contributed by atoms with Crippen LogP contribution in [0.2, 0.25) is 5.02 Å². The number of amides is 1. The quantitative estimate of drug-likeness (QED) is 0.340. The van der Waals surface area contributed by atoms with Crippen molar-refractivity contribution in [2.24, 2.45) is 0 Å². The van der Waals surface area contributed by atoms with Crippen molar-refractivity contribution in [3.05, 3.63) is 100 Å². The van der Waals surface area contributed by atoms with Crippen LogP contribution >= 0.6 is 11.6 Å². The number of rotatable bonds is 9. The van der Waals surface area contributed by atoms with Gasteiger partial charge in [0.2, 0.25) is 0 Å². The summed E-state index contributed by atoms with van der Waals surface area (Å²) in [7, 11) is 0. The number of para-hydroxylation sites is 2. The molecular weight excluding hydrogens is 459 g/mol. The molecule has 174 valence electrons. The van der Waals surface area contributed by atoms with Crippen molar-refractivity contribution in [3.63, 3.8) is 0 Å². The fourth-order valence-electron chi connectivity index (χ4n) is 3.77. The number of ether oxygens (including phenoxy) is 1. The van der Waals surface area contributed by atoms with E-state index in [1.807, 2.05) is 42.6 Å². The summed E-state index contributed by atoms with van der Waals surface area (Å²) in [5.41, 5.74) is 2.47. The molecule has 0 fully saturated rings. The number of carboxylic acid groups (broad SMARTS) is 1. The van der Waals surface area contributed by atoms with Gasteiger partial charge in [0.25, 0.3) is 5.91 Å². The van der Waals surface area contributed by atoms with E-state index in [0.717, 1.165) is 28.1 Å². The first kappa shape index (κ1) is 23.3. The highest BCUT2D eigenvalue weighted by Gasteiger charge is 2.21. The number of carboxylic acids is 1. The molecule has 1 heterocycles. The van der Waals surface area contributed by atoms with Crippen LogP contribution in [0.4, 0.5) is 4.39 Å². The lowest BCUT2D eigenvalue weighted by atomic mass is 10.1. The molecule has 2 N–H and O–H groups in total. The van der Waals surface area contributed by atoms with Gasteiger partial charge in [-0.2, -0.15) is 0 Å². The second-order valence-electron chi connectivity index (χ2n) is 7.73. The highest BCUT2D eigenvalue weighted by Crippen LogP contribution is 2.24. The zero-order valence-electron chi connectivity index (χ0n) is 18.1. The van der Waals surface area contributed by atoms with Crippen LogP contribution in [0.15, 0.2) is 72.9 Å². The molecular formula is C26H22ClFN2O4. The molecule has 0 aliphatic rings. The first-order chi connectivity index (χ1) is 16.4. The lowest BCUT2D eigenvalue weighted by Crippen LogP contribution is -2.36. The maximum Gasteiger partial charge on any atom is 0.339 e. The molecule has 6 nitrogen and oxygen atoms in total. The van der Waals surface area contributed by atoms with Crippen LogP contribution in [0, 0.1) is 5.82 Å². The van der Waals surface area contributed by atoms with E-state index in [4.69, 9.17) is 16.3 Å². The van der Waals surface area contributed by atoms with E-state index >= 15 is 0 Å². The maximum absolute atomic E-state index is 14.2. The summed E-state index contributed by atoms with van der Waals surface area (Å²) < 4.78 is 19.6. The molecule has 0 aliphatic carbocycles. The van der Waals surface area contributed by atoms with Crippen molar-refractivity contribution < 1.29 is 23.8 Å². The molecule has 0 saturated carbocycles. The van der Waals surface area contributed by atoms with Crippen LogP contribution in [-0.2, 0) is 17.8 Å². The Bertz CT molecular complexity index is 1340. The van der Waals surface area contributed by atoms with Gasteiger partial charge < -0.3 is 19.7 Å². The topological polar surface area (TPSA) is 82.6 Å². The van der Waals surface area contributed by atoms with Gasteiger partial charge in [0.1, 0.15) is 5.56 Å². The van der Waals surface area contributed by atoms with Gasteiger partial charge in [-0.1, -0.05) is 54.1 Å². The average Bonchev–Trinajstić information content (AvgIpc) is 3.24. The Hall–Kier alpha value is -3.84. The largest absolute Gasteiger partial charge is 0.480 e. The van der Waals surface area contributed by atoms with Crippen LogP contribution in [0.1, 0.15) is 21.5 Å². The van der Waals surface area contributed by atoms with Gasteiger partial charge in [-0.25, -0.2) is 9.18 Å². The van der Waals surface area contributed by atoms with Crippen molar-refractivity contribution in [2.45, 2.75) is 13.0 Å². The molecule has 0 spiro atoms. The second kappa shape index (κ2) is 10.4. The summed E-state index contributed by atoms with van der Waals surface area (Å²) in [6, 6.07) is 18.7. The minimum Gasteiger partial charge on any atom is -0.480 e. The average molecular weight is 481 g/mol. The molecule has 0 atom stereocenters. The van der Waals surface area contributed by atoms with Gasteiger partial charge in [0.15, 0.2) is 18.2 Å². The summed E-state index contributed by atoms with van der Waals surface area (Å²) in [5, 5.41) is 10.9. The number of fused-ring (bicyclic) bond motifs is 1. The van der Waals surface area contributed by atoms with E-state index in [1.165, 1.54) is 12.1 Å². The highest BCUT2D eigenvalue weighted by atomic mass is 35.5. The first-order valence-electron chi connectivity index (χ1n) is 10.6. The number of benzene rings is 3. The molecule has 0 bridgehead atoms. The normalized spacial score (nSPS) is 10.9. The Balaban J connectivity index is 1.53. The van der Waals surface area contributed by atoms with Crippen molar-refractivity contribution in [1.82, 2.24) is 9.88 Å². The van der Waals surface area contributed by atoms with Gasteiger partial charge in [0.05, 0.1) is 0 Å². The smallest absolute Gasteiger partial charge is 0.339 e.